The van der Waals surface area contributed by atoms with Crippen molar-refractivity contribution in [2.45, 2.75) is 6.42 Å². The van der Waals surface area contributed by atoms with Gasteiger partial charge in [0.25, 0.3) is 5.91 Å². The second-order valence-corrected chi connectivity index (χ2v) is 4.27. The van der Waals surface area contributed by atoms with Crippen LogP contribution in [0.4, 0.5) is 4.39 Å². The number of hydrogen-bond acceptors (Lipinski definition) is 2. The Morgan fingerprint density at radius 2 is 2.17 bits per heavy atom. The van der Waals surface area contributed by atoms with Gasteiger partial charge < -0.3 is 10.1 Å². The van der Waals surface area contributed by atoms with E-state index >= 15 is 0 Å². The van der Waals surface area contributed by atoms with Gasteiger partial charge in [-0.05, 0) is 18.6 Å². The van der Waals surface area contributed by atoms with Gasteiger partial charge in [-0.25, -0.2) is 4.39 Å². The van der Waals surface area contributed by atoms with E-state index in [0.717, 1.165) is 0 Å². The summed E-state index contributed by atoms with van der Waals surface area (Å²) in [4.78, 5) is 11.7. The highest BCUT2D eigenvalue weighted by Crippen LogP contribution is 2.19. The normalized spacial score (nSPS) is 10.4. The maximum absolute atomic E-state index is 13.1. The van der Waals surface area contributed by atoms with Crippen LogP contribution in [0.3, 0.4) is 0 Å². The highest BCUT2D eigenvalue weighted by molar-refractivity contribution is 6.34. The van der Waals surface area contributed by atoms with Gasteiger partial charge in [0.15, 0.2) is 0 Å². The molecule has 0 spiro atoms. The van der Waals surface area contributed by atoms with Gasteiger partial charge in [0.2, 0.25) is 0 Å². The third-order valence-corrected chi connectivity index (χ3v) is 2.71. The number of hydrogen-bond donors (Lipinski definition) is 1. The third-order valence-electron chi connectivity index (χ3n) is 2.17. The van der Waals surface area contributed by atoms with E-state index in [0.29, 0.717) is 32.1 Å². The highest BCUT2D eigenvalue weighted by Gasteiger charge is 2.12. The number of amides is 1. The molecule has 0 heterocycles. The molecule has 18 heavy (non-hydrogen) atoms. The zero-order chi connectivity index (χ0) is 13.4. The first kappa shape index (κ1) is 15.2. The van der Waals surface area contributed by atoms with E-state index in [2.05, 4.69) is 5.32 Å². The molecule has 0 aliphatic heterocycles. The molecule has 0 radical (unpaired) electrons. The van der Waals surface area contributed by atoms with Crippen LogP contribution in [0.15, 0.2) is 18.2 Å². The molecule has 1 amide bonds. The molecule has 0 aliphatic rings. The number of halogens is 3. The SMILES string of the molecule is O=C(NCCCOCCCl)c1cccc(F)c1Cl. The van der Waals surface area contributed by atoms with Crippen LogP contribution in [0, 0.1) is 5.82 Å². The van der Waals surface area contributed by atoms with E-state index in [9.17, 15) is 9.18 Å². The molecule has 1 N–H and O–H groups in total. The lowest BCUT2D eigenvalue weighted by Gasteiger charge is -2.07. The van der Waals surface area contributed by atoms with Crippen molar-refractivity contribution in [3.05, 3.63) is 34.6 Å². The molecular formula is C12H14Cl2FNO2. The fourth-order valence-corrected chi connectivity index (χ4v) is 1.63. The van der Waals surface area contributed by atoms with Gasteiger partial charge in [-0.15, -0.1) is 11.6 Å². The maximum Gasteiger partial charge on any atom is 0.252 e. The van der Waals surface area contributed by atoms with Gasteiger partial charge in [0.05, 0.1) is 17.2 Å². The number of carbonyl (C=O) groups excluding carboxylic acids is 1. The summed E-state index contributed by atoms with van der Waals surface area (Å²) in [6, 6.07) is 4.13. The first-order valence-electron chi connectivity index (χ1n) is 5.52. The molecule has 0 saturated heterocycles. The van der Waals surface area contributed by atoms with Gasteiger partial charge in [0, 0.05) is 19.0 Å². The fourth-order valence-electron chi connectivity index (χ4n) is 1.31. The molecule has 0 unspecified atom stereocenters. The number of alkyl halides is 1. The van der Waals surface area contributed by atoms with Crippen LogP contribution in [0.25, 0.3) is 0 Å². The second-order valence-electron chi connectivity index (χ2n) is 3.51. The summed E-state index contributed by atoms with van der Waals surface area (Å²) in [5.74, 6) is -0.544. The summed E-state index contributed by atoms with van der Waals surface area (Å²) in [7, 11) is 0. The quantitative estimate of drug-likeness (QED) is 0.620. The first-order valence-corrected chi connectivity index (χ1v) is 6.44. The Balaban J connectivity index is 2.35. The number of carbonyl (C=O) groups is 1. The topological polar surface area (TPSA) is 38.3 Å². The van der Waals surface area contributed by atoms with E-state index in [-0.39, 0.29) is 10.6 Å². The van der Waals surface area contributed by atoms with Crippen LogP contribution < -0.4 is 5.32 Å². The molecule has 0 atom stereocenters. The number of ether oxygens (including phenoxy) is 1. The van der Waals surface area contributed by atoms with Crippen LogP contribution in [0.5, 0.6) is 0 Å². The highest BCUT2D eigenvalue weighted by atomic mass is 35.5. The zero-order valence-corrected chi connectivity index (χ0v) is 11.2. The molecule has 0 aliphatic carbocycles. The molecule has 1 aromatic rings. The van der Waals surface area contributed by atoms with Gasteiger partial charge in [-0.1, -0.05) is 17.7 Å². The van der Waals surface area contributed by atoms with E-state index in [1.54, 1.807) is 0 Å². The molecule has 0 bridgehead atoms. The molecule has 0 saturated carbocycles. The van der Waals surface area contributed by atoms with Crippen LogP contribution in [0.1, 0.15) is 16.8 Å². The van der Waals surface area contributed by atoms with Gasteiger partial charge in [-0.3, -0.25) is 4.79 Å². The van der Waals surface area contributed by atoms with Gasteiger partial charge >= 0.3 is 0 Å². The summed E-state index contributed by atoms with van der Waals surface area (Å²) < 4.78 is 18.3. The molecule has 1 rings (SSSR count). The number of nitrogens with one attached hydrogen (secondary N) is 1. The molecule has 6 heteroatoms. The summed E-state index contributed by atoms with van der Waals surface area (Å²) in [6.07, 6.45) is 0.662. The van der Waals surface area contributed by atoms with Crippen molar-refractivity contribution in [2.24, 2.45) is 0 Å². The van der Waals surface area contributed by atoms with Crippen LogP contribution >= 0.6 is 23.2 Å². The lowest BCUT2D eigenvalue weighted by atomic mass is 10.2. The average Bonchev–Trinajstić information content (AvgIpc) is 2.36. The predicted molar refractivity (Wildman–Crippen MR) is 69.9 cm³/mol. The van der Waals surface area contributed by atoms with Gasteiger partial charge in [-0.2, -0.15) is 0 Å². The number of benzene rings is 1. The monoisotopic (exact) mass is 293 g/mol. The predicted octanol–water partition coefficient (Wildman–Crippen LogP) is 2.85. The minimum Gasteiger partial charge on any atom is -0.380 e. The first-order chi connectivity index (χ1) is 8.66. The molecular weight excluding hydrogens is 280 g/mol. The van der Waals surface area contributed by atoms with E-state index < -0.39 is 11.7 Å². The largest absolute Gasteiger partial charge is 0.380 e. The van der Waals surface area contributed by atoms with Crippen molar-refractivity contribution >= 4 is 29.1 Å². The van der Waals surface area contributed by atoms with E-state index in [4.69, 9.17) is 27.9 Å². The van der Waals surface area contributed by atoms with Gasteiger partial charge in [0.1, 0.15) is 5.82 Å². The summed E-state index contributed by atoms with van der Waals surface area (Å²) in [6.45, 7) is 1.45. The molecule has 100 valence electrons. The molecule has 0 aromatic heterocycles. The van der Waals surface area contributed by atoms with Crippen molar-refractivity contribution < 1.29 is 13.9 Å². The lowest BCUT2D eigenvalue weighted by molar-refractivity contribution is 0.0944. The average molecular weight is 294 g/mol. The Kier molecular flexibility index (Phi) is 7.01. The third kappa shape index (κ3) is 4.80. The Morgan fingerprint density at radius 3 is 2.89 bits per heavy atom. The number of rotatable bonds is 7. The fraction of sp³-hybridized carbons (Fsp3) is 0.417. The van der Waals surface area contributed by atoms with Crippen molar-refractivity contribution in [2.75, 3.05) is 25.6 Å². The van der Waals surface area contributed by atoms with Crippen molar-refractivity contribution in [3.8, 4) is 0 Å². The molecule has 0 fully saturated rings. The van der Waals surface area contributed by atoms with E-state index in [1.165, 1.54) is 18.2 Å². The summed E-state index contributed by atoms with van der Waals surface area (Å²) in [5, 5.41) is 2.48. The Hall–Kier alpha value is -0.840. The minimum atomic E-state index is -0.602. The van der Waals surface area contributed by atoms with Crippen molar-refractivity contribution in [1.29, 1.82) is 0 Å². The Morgan fingerprint density at radius 1 is 1.39 bits per heavy atom. The summed E-state index contributed by atoms with van der Waals surface area (Å²) in [5.41, 5.74) is 0.137. The van der Waals surface area contributed by atoms with Crippen molar-refractivity contribution in [3.63, 3.8) is 0 Å². The lowest BCUT2D eigenvalue weighted by Crippen LogP contribution is -2.25. The van der Waals surface area contributed by atoms with Crippen LogP contribution in [-0.4, -0.2) is 31.5 Å². The van der Waals surface area contributed by atoms with Crippen LogP contribution in [-0.2, 0) is 4.74 Å². The standard InChI is InChI=1S/C12H14Cl2FNO2/c13-5-8-18-7-2-6-16-12(17)9-3-1-4-10(15)11(9)14/h1,3-4H,2,5-8H2,(H,16,17). The summed E-state index contributed by atoms with van der Waals surface area (Å²) >= 11 is 11.1. The molecule has 3 nitrogen and oxygen atoms in total. The molecule has 1 aromatic carbocycles. The minimum absolute atomic E-state index is 0.137. The van der Waals surface area contributed by atoms with Crippen molar-refractivity contribution in [1.82, 2.24) is 5.32 Å². The maximum atomic E-state index is 13.1. The van der Waals surface area contributed by atoms with Crippen LogP contribution in [0.2, 0.25) is 5.02 Å². The zero-order valence-electron chi connectivity index (χ0n) is 9.72. The Bertz CT molecular complexity index is 402. The smallest absolute Gasteiger partial charge is 0.252 e. The second kappa shape index (κ2) is 8.29. The Labute approximate surface area is 115 Å². The van der Waals surface area contributed by atoms with E-state index in [1.807, 2.05) is 0 Å².